The molecule has 7 nitrogen and oxygen atoms in total. The van der Waals surface area contributed by atoms with Crippen LogP contribution in [0.4, 0.5) is 0 Å². The van der Waals surface area contributed by atoms with Crippen molar-refractivity contribution in [2.45, 2.75) is 4.90 Å². The Bertz CT molecular complexity index is 770. The van der Waals surface area contributed by atoms with E-state index in [1.807, 2.05) is 4.72 Å². The number of carbonyl (C=O) groups excluding carboxylic acids is 2. The lowest BCUT2D eigenvalue weighted by atomic mass is 10.2. The van der Waals surface area contributed by atoms with Crippen LogP contribution in [0.1, 0.15) is 20.8 Å². The molecule has 1 amide bonds. The van der Waals surface area contributed by atoms with Crippen LogP contribution in [0.25, 0.3) is 0 Å². The molecule has 2 aromatic rings. The number of benzene rings is 1. The molecule has 0 unspecified atom stereocenters. The highest BCUT2D eigenvalue weighted by Crippen LogP contribution is 2.08. The maximum Gasteiger partial charge on any atom is 0.266 e. The lowest BCUT2D eigenvalue weighted by molar-refractivity contribution is -0.255. The van der Waals surface area contributed by atoms with E-state index in [4.69, 9.17) is 0 Å². The number of amides is 1. The Morgan fingerprint density at radius 3 is 2.24 bits per heavy atom. The van der Waals surface area contributed by atoms with Gasteiger partial charge in [-0.2, -0.15) is 0 Å². The van der Waals surface area contributed by atoms with Crippen LogP contribution in [0.15, 0.2) is 53.6 Å². The van der Waals surface area contributed by atoms with Gasteiger partial charge in [-0.05, 0) is 24.3 Å². The Hall–Kier alpha value is -2.74. The van der Waals surface area contributed by atoms with Crippen LogP contribution in [0.2, 0.25) is 0 Å². The molecular formula is C13H9N2O5S-. The molecule has 1 aromatic carbocycles. The summed E-state index contributed by atoms with van der Waals surface area (Å²) in [6.07, 6.45) is 0.959. The first kappa shape index (κ1) is 14.7. The molecule has 0 saturated heterocycles. The molecule has 1 aromatic heterocycles. The van der Waals surface area contributed by atoms with E-state index in [0.29, 0.717) is 0 Å². The lowest BCUT2D eigenvalue weighted by Crippen LogP contribution is -2.31. The number of nitrogens with one attached hydrogen (secondary N) is 1. The summed E-state index contributed by atoms with van der Waals surface area (Å²) in [5, 5.41) is 10.5. The molecule has 0 spiro atoms. The summed E-state index contributed by atoms with van der Waals surface area (Å²) in [5.41, 5.74) is -0.433. The molecule has 1 N–H and O–H groups in total. The zero-order valence-corrected chi connectivity index (χ0v) is 11.3. The van der Waals surface area contributed by atoms with Crippen molar-refractivity contribution in [3.8, 4) is 0 Å². The number of pyridine rings is 1. The zero-order chi connectivity index (χ0) is 15.5. The number of aromatic carboxylic acids is 1. The molecule has 108 valence electrons. The Labute approximate surface area is 120 Å². The van der Waals surface area contributed by atoms with Crippen LogP contribution in [0.5, 0.6) is 0 Å². The predicted octanol–water partition coefficient (Wildman–Crippen LogP) is -0.436. The van der Waals surface area contributed by atoms with Crippen molar-refractivity contribution in [3.05, 3.63) is 59.9 Å². The number of carboxylic acids is 1. The van der Waals surface area contributed by atoms with Crippen molar-refractivity contribution in [1.82, 2.24) is 9.71 Å². The number of aromatic nitrogens is 1. The van der Waals surface area contributed by atoms with E-state index in [9.17, 15) is 23.1 Å². The van der Waals surface area contributed by atoms with Crippen LogP contribution in [0.3, 0.4) is 0 Å². The van der Waals surface area contributed by atoms with E-state index < -0.39 is 21.9 Å². The maximum absolute atomic E-state index is 11.9. The van der Waals surface area contributed by atoms with E-state index in [2.05, 4.69) is 4.98 Å². The van der Waals surface area contributed by atoms with Crippen LogP contribution in [-0.4, -0.2) is 25.3 Å². The second-order valence-electron chi connectivity index (χ2n) is 3.97. The zero-order valence-electron chi connectivity index (χ0n) is 10.5. The highest BCUT2D eigenvalue weighted by Gasteiger charge is 2.18. The molecule has 0 aliphatic rings. The molecule has 0 bridgehead atoms. The fourth-order valence-electron chi connectivity index (χ4n) is 1.49. The molecule has 0 aliphatic heterocycles. The van der Waals surface area contributed by atoms with Crippen LogP contribution >= 0.6 is 0 Å². The van der Waals surface area contributed by atoms with Gasteiger partial charge in [0.15, 0.2) is 0 Å². The quantitative estimate of drug-likeness (QED) is 0.819. The standard InChI is InChI=1S/C13H10N2O5S/c16-12(9-6-7-11(13(17)18)14-8-9)15-21(19,20)10-4-2-1-3-5-10/h1-8H,(H,15,16)(H,17,18)/p-1. The van der Waals surface area contributed by atoms with Crippen LogP contribution < -0.4 is 9.83 Å². The third-order valence-corrected chi connectivity index (χ3v) is 3.86. The minimum Gasteiger partial charge on any atom is -0.543 e. The Morgan fingerprint density at radius 1 is 1.05 bits per heavy atom. The molecule has 0 saturated carbocycles. The second-order valence-corrected chi connectivity index (χ2v) is 5.65. The lowest BCUT2D eigenvalue weighted by Gasteiger charge is -2.07. The normalized spacial score (nSPS) is 10.9. The van der Waals surface area contributed by atoms with Gasteiger partial charge in [-0.15, -0.1) is 0 Å². The third kappa shape index (κ3) is 3.42. The summed E-state index contributed by atoms with van der Waals surface area (Å²) in [5.74, 6) is -2.39. The van der Waals surface area contributed by atoms with E-state index >= 15 is 0 Å². The number of hydrogen-bond acceptors (Lipinski definition) is 6. The number of nitrogens with zero attached hydrogens (tertiary/aromatic N) is 1. The van der Waals surface area contributed by atoms with Gasteiger partial charge in [-0.1, -0.05) is 18.2 Å². The van der Waals surface area contributed by atoms with Crippen molar-refractivity contribution >= 4 is 21.9 Å². The SMILES string of the molecule is O=C(NS(=O)(=O)c1ccccc1)c1ccc(C(=O)[O-])nc1. The van der Waals surface area contributed by atoms with Crippen molar-refractivity contribution < 1.29 is 23.1 Å². The van der Waals surface area contributed by atoms with E-state index in [0.717, 1.165) is 18.3 Å². The molecular weight excluding hydrogens is 296 g/mol. The summed E-state index contributed by atoms with van der Waals surface area (Å²) in [6, 6.07) is 9.57. The minimum absolute atomic E-state index is 0.0577. The number of rotatable bonds is 4. The number of carboxylic acid groups (broad SMARTS) is 1. The average Bonchev–Trinajstić information content (AvgIpc) is 2.48. The number of sulfonamides is 1. The molecule has 8 heteroatoms. The van der Waals surface area contributed by atoms with Crippen molar-refractivity contribution in [1.29, 1.82) is 0 Å². The van der Waals surface area contributed by atoms with Gasteiger partial charge in [0.2, 0.25) is 0 Å². The first-order valence-electron chi connectivity index (χ1n) is 5.70. The van der Waals surface area contributed by atoms with Gasteiger partial charge in [-0.25, -0.2) is 13.1 Å². The van der Waals surface area contributed by atoms with Crippen molar-refractivity contribution in [2.24, 2.45) is 0 Å². The predicted molar refractivity (Wildman–Crippen MR) is 69.7 cm³/mol. The summed E-state index contributed by atoms with van der Waals surface area (Å²) >= 11 is 0. The second kappa shape index (κ2) is 5.71. The van der Waals surface area contributed by atoms with Crippen LogP contribution in [0, 0.1) is 0 Å². The summed E-state index contributed by atoms with van der Waals surface area (Å²) in [4.78, 5) is 25.8. The molecule has 2 rings (SSSR count). The monoisotopic (exact) mass is 305 g/mol. The first-order valence-corrected chi connectivity index (χ1v) is 7.18. The fourth-order valence-corrected chi connectivity index (χ4v) is 2.48. The van der Waals surface area contributed by atoms with Gasteiger partial charge >= 0.3 is 0 Å². The Kier molecular flexibility index (Phi) is 3.99. The van der Waals surface area contributed by atoms with Gasteiger partial charge in [0.25, 0.3) is 15.9 Å². The van der Waals surface area contributed by atoms with Crippen molar-refractivity contribution in [3.63, 3.8) is 0 Å². The van der Waals surface area contributed by atoms with Gasteiger partial charge in [0.1, 0.15) is 0 Å². The highest BCUT2D eigenvalue weighted by atomic mass is 32.2. The molecule has 0 fully saturated rings. The topological polar surface area (TPSA) is 116 Å². The average molecular weight is 305 g/mol. The van der Waals surface area contributed by atoms with E-state index in [-0.39, 0.29) is 16.2 Å². The molecule has 0 radical (unpaired) electrons. The van der Waals surface area contributed by atoms with E-state index in [1.54, 1.807) is 6.07 Å². The van der Waals surface area contributed by atoms with Gasteiger partial charge < -0.3 is 9.90 Å². The molecule has 1 heterocycles. The first-order chi connectivity index (χ1) is 9.90. The summed E-state index contributed by atoms with van der Waals surface area (Å²) < 4.78 is 25.7. The van der Waals surface area contributed by atoms with Gasteiger partial charge in [-0.3, -0.25) is 9.78 Å². The number of carbonyl (C=O) groups is 2. The summed E-state index contributed by atoms with van der Waals surface area (Å²) in [6.45, 7) is 0. The highest BCUT2D eigenvalue weighted by molar-refractivity contribution is 7.90. The maximum atomic E-state index is 11.9. The number of hydrogen-bond donors (Lipinski definition) is 1. The smallest absolute Gasteiger partial charge is 0.266 e. The summed E-state index contributed by atoms with van der Waals surface area (Å²) in [7, 11) is -3.99. The Morgan fingerprint density at radius 2 is 1.71 bits per heavy atom. The van der Waals surface area contributed by atoms with Crippen LogP contribution in [-0.2, 0) is 10.0 Å². The molecule has 0 aliphatic carbocycles. The van der Waals surface area contributed by atoms with Crippen molar-refractivity contribution in [2.75, 3.05) is 0 Å². The minimum atomic E-state index is -3.99. The van der Waals surface area contributed by atoms with Gasteiger partial charge in [0, 0.05) is 6.20 Å². The Balaban J connectivity index is 2.20. The largest absolute Gasteiger partial charge is 0.543 e. The van der Waals surface area contributed by atoms with Gasteiger partial charge in [0.05, 0.1) is 22.1 Å². The fraction of sp³-hybridized carbons (Fsp3) is 0. The molecule has 0 atom stereocenters. The molecule has 21 heavy (non-hydrogen) atoms. The third-order valence-electron chi connectivity index (χ3n) is 2.52. The van der Waals surface area contributed by atoms with E-state index in [1.165, 1.54) is 24.3 Å².